The Balaban J connectivity index is 1.77. The molecule has 0 radical (unpaired) electrons. The van der Waals surface area contributed by atoms with Gasteiger partial charge in [0, 0.05) is 23.5 Å². The number of aromatic hydroxyl groups is 1. The molecule has 2 N–H and O–H groups in total. The number of aromatic nitrogens is 2. The molecule has 106 valence electrons. The molecule has 3 aromatic rings. The average Bonchev–Trinajstić information content (AvgIpc) is 2.98. The molecule has 0 spiro atoms. The highest BCUT2D eigenvalue weighted by Gasteiger charge is 2.09. The molecule has 1 unspecified atom stereocenters. The summed E-state index contributed by atoms with van der Waals surface area (Å²) in [6.07, 6.45) is 3.86. The van der Waals surface area contributed by atoms with Gasteiger partial charge in [0.1, 0.15) is 5.75 Å². The molecule has 1 atom stereocenters. The van der Waals surface area contributed by atoms with E-state index < -0.39 is 0 Å². The lowest BCUT2D eigenvalue weighted by atomic mass is 10.2. The zero-order valence-electron chi connectivity index (χ0n) is 11.8. The van der Waals surface area contributed by atoms with E-state index in [-0.39, 0.29) is 11.8 Å². The largest absolute Gasteiger partial charge is 0.508 e. The van der Waals surface area contributed by atoms with Crippen LogP contribution in [0, 0.1) is 0 Å². The lowest BCUT2D eigenvalue weighted by Crippen LogP contribution is -2.05. The van der Waals surface area contributed by atoms with Crippen LogP contribution in [-0.4, -0.2) is 14.9 Å². The number of phenolic OH excluding ortho intramolecular Hbond substituents is 1. The van der Waals surface area contributed by atoms with Gasteiger partial charge in [0.05, 0.1) is 17.9 Å². The lowest BCUT2D eigenvalue weighted by molar-refractivity contribution is 0.475. The van der Waals surface area contributed by atoms with Gasteiger partial charge in [-0.15, -0.1) is 0 Å². The Morgan fingerprint density at radius 2 is 1.90 bits per heavy atom. The van der Waals surface area contributed by atoms with Crippen molar-refractivity contribution >= 4 is 5.69 Å². The van der Waals surface area contributed by atoms with E-state index in [4.69, 9.17) is 0 Å². The first kappa shape index (κ1) is 13.2. The average molecular weight is 279 g/mol. The van der Waals surface area contributed by atoms with E-state index in [0.29, 0.717) is 0 Å². The predicted molar refractivity (Wildman–Crippen MR) is 83.7 cm³/mol. The molecule has 0 aliphatic rings. The topological polar surface area (TPSA) is 50.1 Å². The first-order valence-electron chi connectivity index (χ1n) is 6.88. The molecule has 0 saturated carbocycles. The van der Waals surface area contributed by atoms with Gasteiger partial charge in [0.15, 0.2) is 0 Å². The van der Waals surface area contributed by atoms with Gasteiger partial charge in [-0.3, -0.25) is 0 Å². The smallest absolute Gasteiger partial charge is 0.117 e. The fourth-order valence-corrected chi connectivity index (χ4v) is 2.21. The van der Waals surface area contributed by atoms with Gasteiger partial charge in [0.25, 0.3) is 0 Å². The van der Waals surface area contributed by atoms with Crippen molar-refractivity contribution in [2.45, 2.75) is 13.0 Å². The van der Waals surface area contributed by atoms with E-state index in [0.717, 1.165) is 16.9 Å². The molecule has 0 fully saturated rings. The van der Waals surface area contributed by atoms with E-state index >= 15 is 0 Å². The number of benzene rings is 2. The monoisotopic (exact) mass is 279 g/mol. The van der Waals surface area contributed by atoms with Gasteiger partial charge in [-0.1, -0.05) is 24.3 Å². The van der Waals surface area contributed by atoms with Gasteiger partial charge in [-0.25, -0.2) is 4.68 Å². The SMILES string of the molecule is CC(Nc1cccc(O)c1)c1cnn(-c2ccccc2)c1. The minimum Gasteiger partial charge on any atom is -0.508 e. The molecule has 3 rings (SSSR count). The molecular weight excluding hydrogens is 262 g/mol. The van der Waals surface area contributed by atoms with Crippen LogP contribution in [0.5, 0.6) is 5.75 Å². The fourth-order valence-electron chi connectivity index (χ4n) is 2.21. The second-order valence-corrected chi connectivity index (χ2v) is 4.97. The zero-order valence-corrected chi connectivity index (χ0v) is 11.8. The molecular formula is C17H17N3O. The van der Waals surface area contributed by atoms with Gasteiger partial charge >= 0.3 is 0 Å². The third-order valence-electron chi connectivity index (χ3n) is 3.35. The Morgan fingerprint density at radius 1 is 1.10 bits per heavy atom. The number of para-hydroxylation sites is 1. The van der Waals surface area contributed by atoms with Crippen LogP contribution in [-0.2, 0) is 0 Å². The van der Waals surface area contributed by atoms with Gasteiger partial charge in [-0.05, 0) is 31.2 Å². The van der Waals surface area contributed by atoms with Crippen molar-refractivity contribution in [1.82, 2.24) is 9.78 Å². The molecule has 1 aromatic heterocycles. The van der Waals surface area contributed by atoms with Crippen molar-refractivity contribution in [3.63, 3.8) is 0 Å². The fraction of sp³-hybridized carbons (Fsp3) is 0.118. The maximum Gasteiger partial charge on any atom is 0.117 e. The summed E-state index contributed by atoms with van der Waals surface area (Å²) in [6, 6.07) is 17.2. The van der Waals surface area contributed by atoms with E-state index in [1.165, 1.54) is 0 Å². The second-order valence-electron chi connectivity index (χ2n) is 4.97. The summed E-state index contributed by atoms with van der Waals surface area (Å²) in [7, 11) is 0. The Kier molecular flexibility index (Phi) is 3.60. The minimum atomic E-state index is 0.101. The molecule has 0 aliphatic heterocycles. The van der Waals surface area contributed by atoms with Crippen molar-refractivity contribution in [1.29, 1.82) is 0 Å². The van der Waals surface area contributed by atoms with Crippen molar-refractivity contribution in [2.24, 2.45) is 0 Å². The lowest BCUT2D eigenvalue weighted by Gasteiger charge is -2.13. The van der Waals surface area contributed by atoms with Gasteiger partial charge < -0.3 is 10.4 Å². The summed E-state index contributed by atoms with van der Waals surface area (Å²) < 4.78 is 1.86. The molecule has 4 nitrogen and oxygen atoms in total. The van der Waals surface area contributed by atoms with Gasteiger partial charge in [-0.2, -0.15) is 5.10 Å². The van der Waals surface area contributed by atoms with E-state index in [1.807, 2.05) is 59.5 Å². The highest BCUT2D eigenvalue weighted by Crippen LogP contribution is 2.22. The number of rotatable bonds is 4. The number of hydrogen-bond acceptors (Lipinski definition) is 3. The highest BCUT2D eigenvalue weighted by atomic mass is 16.3. The maximum absolute atomic E-state index is 9.49. The highest BCUT2D eigenvalue weighted by molar-refractivity contribution is 5.49. The summed E-state index contributed by atoms with van der Waals surface area (Å²) in [5, 5.41) is 17.2. The van der Waals surface area contributed by atoms with Crippen molar-refractivity contribution < 1.29 is 5.11 Å². The van der Waals surface area contributed by atoms with Crippen LogP contribution < -0.4 is 5.32 Å². The second kappa shape index (κ2) is 5.71. The Hall–Kier alpha value is -2.75. The normalized spacial score (nSPS) is 12.0. The van der Waals surface area contributed by atoms with Crippen LogP contribution in [0.25, 0.3) is 5.69 Å². The van der Waals surface area contributed by atoms with Crippen LogP contribution in [0.3, 0.4) is 0 Å². The van der Waals surface area contributed by atoms with E-state index in [9.17, 15) is 5.11 Å². The number of hydrogen-bond donors (Lipinski definition) is 2. The van der Waals surface area contributed by atoms with Crippen LogP contribution in [0.1, 0.15) is 18.5 Å². The first-order chi connectivity index (χ1) is 10.2. The molecule has 21 heavy (non-hydrogen) atoms. The number of nitrogens with zero attached hydrogens (tertiary/aromatic N) is 2. The van der Waals surface area contributed by atoms with Crippen molar-refractivity contribution in [3.8, 4) is 11.4 Å². The first-order valence-corrected chi connectivity index (χ1v) is 6.88. The molecule has 2 aromatic carbocycles. The Morgan fingerprint density at radius 3 is 2.67 bits per heavy atom. The van der Waals surface area contributed by atoms with Crippen molar-refractivity contribution in [3.05, 3.63) is 72.6 Å². The summed E-state index contributed by atoms with van der Waals surface area (Å²) in [5.74, 6) is 0.257. The quantitative estimate of drug-likeness (QED) is 0.764. The van der Waals surface area contributed by atoms with E-state index in [1.54, 1.807) is 12.1 Å². The van der Waals surface area contributed by atoms with Crippen LogP contribution in [0.15, 0.2) is 67.0 Å². The number of phenols is 1. The number of nitrogens with one attached hydrogen (secondary N) is 1. The Labute approximate surface area is 123 Å². The van der Waals surface area contributed by atoms with Crippen molar-refractivity contribution in [2.75, 3.05) is 5.32 Å². The Bertz CT molecular complexity index is 722. The molecule has 0 aliphatic carbocycles. The molecule has 0 amide bonds. The van der Waals surface area contributed by atoms with Crippen LogP contribution >= 0.6 is 0 Å². The third-order valence-corrected chi connectivity index (χ3v) is 3.35. The summed E-state index contributed by atoms with van der Waals surface area (Å²) in [4.78, 5) is 0. The summed E-state index contributed by atoms with van der Waals surface area (Å²) in [6.45, 7) is 2.07. The number of anilines is 1. The maximum atomic E-state index is 9.49. The molecule has 4 heteroatoms. The predicted octanol–water partition coefficient (Wildman–Crippen LogP) is 3.75. The molecule has 0 saturated heterocycles. The van der Waals surface area contributed by atoms with Crippen LogP contribution in [0.2, 0.25) is 0 Å². The summed E-state index contributed by atoms with van der Waals surface area (Å²) in [5.41, 5.74) is 3.01. The van der Waals surface area contributed by atoms with Crippen LogP contribution in [0.4, 0.5) is 5.69 Å². The molecule has 1 heterocycles. The molecule has 0 bridgehead atoms. The summed E-state index contributed by atoms with van der Waals surface area (Å²) >= 11 is 0. The standard InChI is InChI=1S/C17H17N3O/c1-13(19-15-6-5-9-17(21)10-15)14-11-18-20(12-14)16-7-3-2-4-8-16/h2-13,19,21H,1H3. The third kappa shape index (κ3) is 3.05. The zero-order chi connectivity index (χ0) is 14.7. The van der Waals surface area contributed by atoms with E-state index in [2.05, 4.69) is 17.3 Å². The van der Waals surface area contributed by atoms with Gasteiger partial charge in [0.2, 0.25) is 0 Å². The minimum absolute atomic E-state index is 0.101.